The first-order chi connectivity index (χ1) is 10.1. The number of fused-ring (bicyclic) bond motifs is 1. The van der Waals surface area contributed by atoms with Crippen LogP contribution in [0.25, 0.3) is 10.9 Å². The van der Waals surface area contributed by atoms with E-state index in [0.717, 1.165) is 24.6 Å². The van der Waals surface area contributed by atoms with Crippen LogP contribution in [0.1, 0.15) is 29.8 Å². The van der Waals surface area contributed by atoms with E-state index >= 15 is 0 Å². The number of carbonyl (C=O) groups is 1. The molecule has 0 bridgehead atoms. The van der Waals surface area contributed by atoms with Gasteiger partial charge in [-0.3, -0.25) is 4.79 Å². The molecule has 0 radical (unpaired) electrons. The molecule has 2 unspecified atom stereocenters. The van der Waals surface area contributed by atoms with Crippen LogP contribution in [0.3, 0.4) is 0 Å². The van der Waals surface area contributed by atoms with Crippen LogP contribution in [0.2, 0.25) is 5.02 Å². The summed E-state index contributed by atoms with van der Waals surface area (Å²) in [7, 11) is 0. The van der Waals surface area contributed by atoms with Crippen molar-refractivity contribution >= 4 is 28.4 Å². The minimum atomic E-state index is -0.222. The van der Waals surface area contributed by atoms with Gasteiger partial charge in [0.25, 0.3) is 5.91 Å². The summed E-state index contributed by atoms with van der Waals surface area (Å²) >= 11 is 6.20. The third kappa shape index (κ3) is 3.17. The van der Waals surface area contributed by atoms with E-state index < -0.39 is 0 Å². The molecule has 1 fully saturated rings. The predicted octanol–water partition coefficient (Wildman–Crippen LogP) is 2.78. The highest BCUT2D eigenvalue weighted by Gasteiger charge is 2.23. The van der Waals surface area contributed by atoms with E-state index in [0.29, 0.717) is 28.7 Å². The molecule has 0 aliphatic heterocycles. The van der Waals surface area contributed by atoms with Gasteiger partial charge in [-0.15, -0.1) is 0 Å². The maximum absolute atomic E-state index is 12.2. The molecule has 1 aliphatic carbocycles. The smallest absolute Gasteiger partial charge is 0.269 e. The number of carbonyl (C=O) groups excluding carboxylic acids is 1. The van der Waals surface area contributed by atoms with Crippen molar-refractivity contribution in [1.29, 1.82) is 0 Å². The van der Waals surface area contributed by atoms with E-state index in [2.05, 4.69) is 10.3 Å². The van der Waals surface area contributed by atoms with Crippen LogP contribution >= 0.6 is 11.6 Å². The highest BCUT2D eigenvalue weighted by Crippen LogP contribution is 2.25. The van der Waals surface area contributed by atoms with Gasteiger partial charge in [0.15, 0.2) is 0 Å². The number of nitrogens with zero attached hydrogens (tertiary/aromatic N) is 1. The topological polar surface area (TPSA) is 62.2 Å². The van der Waals surface area contributed by atoms with Gasteiger partial charge >= 0.3 is 0 Å². The summed E-state index contributed by atoms with van der Waals surface area (Å²) in [5, 5.41) is 13.7. The molecule has 1 aromatic heterocycles. The summed E-state index contributed by atoms with van der Waals surface area (Å²) < 4.78 is 0. The standard InChI is InChI=1S/C16H17ClN2O2/c17-13-8-15(19-14-4-2-1-3-12(13)14)16(21)18-9-10-5-6-11(20)7-10/h1-4,8,10-11,20H,5-7,9H2,(H,18,21). The van der Waals surface area contributed by atoms with Crippen molar-refractivity contribution in [3.05, 3.63) is 41.0 Å². The van der Waals surface area contributed by atoms with Crippen LogP contribution in [0, 0.1) is 5.92 Å². The van der Waals surface area contributed by atoms with Gasteiger partial charge in [0, 0.05) is 11.9 Å². The number of aliphatic hydroxyl groups is 1. The van der Waals surface area contributed by atoms with Gasteiger partial charge in [-0.1, -0.05) is 29.8 Å². The van der Waals surface area contributed by atoms with Crippen LogP contribution in [-0.4, -0.2) is 28.6 Å². The molecular weight excluding hydrogens is 288 g/mol. The number of pyridine rings is 1. The highest BCUT2D eigenvalue weighted by atomic mass is 35.5. The first kappa shape index (κ1) is 14.3. The normalized spacial score (nSPS) is 21.6. The molecule has 21 heavy (non-hydrogen) atoms. The van der Waals surface area contributed by atoms with Crippen LogP contribution < -0.4 is 5.32 Å². The lowest BCUT2D eigenvalue weighted by molar-refractivity contribution is 0.0940. The van der Waals surface area contributed by atoms with E-state index in [1.54, 1.807) is 6.07 Å². The van der Waals surface area contributed by atoms with Gasteiger partial charge in [-0.2, -0.15) is 0 Å². The molecule has 2 N–H and O–H groups in total. The van der Waals surface area contributed by atoms with Gasteiger partial charge in [0.05, 0.1) is 16.6 Å². The Morgan fingerprint density at radius 2 is 2.19 bits per heavy atom. The molecule has 4 nitrogen and oxygen atoms in total. The fourth-order valence-corrected chi connectivity index (χ4v) is 3.07. The average Bonchev–Trinajstić information content (AvgIpc) is 2.90. The molecule has 2 atom stereocenters. The lowest BCUT2D eigenvalue weighted by Crippen LogP contribution is -2.29. The van der Waals surface area contributed by atoms with Crippen LogP contribution in [0.4, 0.5) is 0 Å². The maximum Gasteiger partial charge on any atom is 0.269 e. The number of halogens is 1. The van der Waals surface area contributed by atoms with E-state index in [1.807, 2.05) is 24.3 Å². The first-order valence-corrected chi connectivity index (χ1v) is 7.53. The van der Waals surface area contributed by atoms with E-state index in [9.17, 15) is 9.90 Å². The second-order valence-corrected chi connectivity index (χ2v) is 5.96. The maximum atomic E-state index is 12.2. The summed E-state index contributed by atoms with van der Waals surface area (Å²) in [6, 6.07) is 9.08. The molecule has 110 valence electrons. The van der Waals surface area contributed by atoms with Crippen LogP contribution in [-0.2, 0) is 0 Å². The highest BCUT2D eigenvalue weighted by molar-refractivity contribution is 6.35. The molecule has 1 aliphatic rings. The number of amides is 1. The van der Waals surface area contributed by atoms with Crippen molar-refractivity contribution < 1.29 is 9.90 Å². The molecular formula is C16H17ClN2O2. The Hall–Kier alpha value is -1.65. The number of hydrogen-bond donors (Lipinski definition) is 2. The number of aliphatic hydroxyl groups excluding tert-OH is 1. The third-order valence-electron chi connectivity index (χ3n) is 3.96. The molecule has 5 heteroatoms. The Labute approximate surface area is 128 Å². The fourth-order valence-electron chi connectivity index (χ4n) is 2.81. The van der Waals surface area contributed by atoms with Gasteiger partial charge in [-0.05, 0) is 37.3 Å². The minimum Gasteiger partial charge on any atom is -0.393 e. The second kappa shape index (κ2) is 6.00. The molecule has 1 aromatic carbocycles. The SMILES string of the molecule is O=C(NCC1CCC(O)C1)c1cc(Cl)c2ccccc2n1. The van der Waals surface area contributed by atoms with Crippen molar-refractivity contribution in [1.82, 2.24) is 10.3 Å². The van der Waals surface area contributed by atoms with Crippen LogP contribution in [0.5, 0.6) is 0 Å². The van der Waals surface area contributed by atoms with Gasteiger partial charge in [0.1, 0.15) is 5.69 Å². The molecule has 1 amide bonds. The summed E-state index contributed by atoms with van der Waals surface area (Å²) in [4.78, 5) is 16.5. The largest absolute Gasteiger partial charge is 0.393 e. The number of aromatic nitrogens is 1. The molecule has 2 aromatic rings. The van der Waals surface area contributed by atoms with E-state index in [-0.39, 0.29) is 12.0 Å². The Bertz CT molecular complexity index is 674. The summed E-state index contributed by atoms with van der Waals surface area (Å²) in [6.07, 6.45) is 2.31. The zero-order valence-electron chi connectivity index (χ0n) is 11.6. The van der Waals surface area contributed by atoms with Crippen molar-refractivity contribution in [2.45, 2.75) is 25.4 Å². The monoisotopic (exact) mass is 304 g/mol. The van der Waals surface area contributed by atoms with Crippen molar-refractivity contribution in [2.24, 2.45) is 5.92 Å². The summed E-state index contributed by atoms with van der Waals surface area (Å²) in [5.41, 5.74) is 1.05. The van der Waals surface area contributed by atoms with Crippen LogP contribution in [0.15, 0.2) is 30.3 Å². The Morgan fingerprint density at radius 3 is 2.95 bits per heavy atom. The van der Waals surface area contributed by atoms with E-state index in [4.69, 9.17) is 11.6 Å². The minimum absolute atomic E-state index is 0.218. The molecule has 0 saturated heterocycles. The number of nitrogens with one attached hydrogen (secondary N) is 1. The number of para-hydroxylation sites is 1. The van der Waals surface area contributed by atoms with Gasteiger partial charge < -0.3 is 10.4 Å². The molecule has 0 spiro atoms. The summed E-state index contributed by atoms with van der Waals surface area (Å²) in [6.45, 7) is 0.571. The molecule has 1 saturated carbocycles. The predicted molar refractivity (Wildman–Crippen MR) is 82.4 cm³/mol. The van der Waals surface area contributed by atoms with Crippen molar-refractivity contribution in [2.75, 3.05) is 6.54 Å². The zero-order valence-corrected chi connectivity index (χ0v) is 12.3. The number of hydrogen-bond acceptors (Lipinski definition) is 3. The van der Waals surface area contributed by atoms with Crippen molar-refractivity contribution in [3.8, 4) is 0 Å². The fraction of sp³-hybridized carbons (Fsp3) is 0.375. The average molecular weight is 305 g/mol. The zero-order chi connectivity index (χ0) is 14.8. The number of benzene rings is 1. The van der Waals surface area contributed by atoms with Gasteiger partial charge in [0.2, 0.25) is 0 Å². The van der Waals surface area contributed by atoms with Gasteiger partial charge in [-0.25, -0.2) is 4.98 Å². The number of rotatable bonds is 3. The molecule has 1 heterocycles. The van der Waals surface area contributed by atoms with E-state index in [1.165, 1.54) is 0 Å². The third-order valence-corrected chi connectivity index (χ3v) is 4.28. The first-order valence-electron chi connectivity index (χ1n) is 7.15. The Balaban J connectivity index is 1.72. The molecule has 3 rings (SSSR count). The Morgan fingerprint density at radius 1 is 1.38 bits per heavy atom. The second-order valence-electron chi connectivity index (χ2n) is 5.55. The lowest BCUT2D eigenvalue weighted by atomic mass is 10.1. The quantitative estimate of drug-likeness (QED) is 0.916. The Kier molecular flexibility index (Phi) is 4.08. The van der Waals surface area contributed by atoms with Crippen molar-refractivity contribution in [3.63, 3.8) is 0 Å². The lowest BCUT2D eigenvalue weighted by Gasteiger charge is -2.11. The summed E-state index contributed by atoms with van der Waals surface area (Å²) in [5.74, 6) is 0.129.